The summed E-state index contributed by atoms with van der Waals surface area (Å²) >= 11 is 0. The first-order chi connectivity index (χ1) is 15.4. The van der Waals surface area contributed by atoms with Gasteiger partial charge in [0.05, 0.1) is 12.7 Å². The number of hydrogen-bond acceptors (Lipinski definition) is 3. The van der Waals surface area contributed by atoms with E-state index in [-0.39, 0.29) is 24.0 Å². The fourth-order valence-electron chi connectivity index (χ4n) is 3.95. The molecule has 0 spiro atoms. The minimum atomic E-state index is -4.37. The van der Waals surface area contributed by atoms with Crippen LogP contribution in [0.15, 0.2) is 53.5 Å². The second-order valence-corrected chi connectivity index (χ2v) is 7.92. The number of aliphatic imine (C=N–C) groups is 1. The molecule has 0 aromatic heterocycles. The Balaban J connectivity index is 0.00000385. The Morgan fingerprint density at radius 1 is 1.09 bits per heavy atom. The second-order valence-electron chi connectivity index (χ2n) is 7.92. The SMILES string of the molecule is CN=C(NCCc1ccc(OC)cc1)NCC1(c2cccc(C(F)(F)F)c2)CCOCC1.I. The highest BCUT2D eigenvalue weighted by Gasteiger charge is 2.37. The average Bonchev–Trinajstić information content (AvgIpc) is 2.82. The molecule has 0 bridgehead atoms. The normalized spacial score (nSPS) is 16.0. The fourth-order valence-corrected chi connectivity index (χ4v) is 3.95. The Hall–Kier alpha value is -2.01. The Morgan fingerprint density at radius 2 is 1.79 bits per heavy atom. The third-order valence-electron chi connectivity index (χ3n) is 5.94. The van der Waals surface area contributed by atoms with Gasteiger partial charge in [-0.25, -0.2) is 0 Å². The number of nitrogens with zero attached hydrogens (tertiary/aromatic N) is 1. The van der Waals surface area contributed by atoms with Gasteiger partial charge < -0.3 is 20.1 Å². The summed E-state index contributed by atoms with van der Waals surface area (Å²) in [5.74, 6) is 1.44. The van der Waals surface area contributed by atoms with E-state index in [0.29, 0.717) is 50.7 Å². The van der Waals surface area contributed by atoms with Crippen molar-refractivity contribution < 1.29 is 22.6 Å². The fraction of sp³-hybridized carbons (Fsp3) is 0.458. The number of rotatable bonds is 7. The monoisotopic (exact) mass is 577 g/mol. The van der Waals surface area contributed by atoms with Crippen LogP contribution in [-0.4, -0.2) is 46.4 Å². The van der Waals surface area contributed by atoms with E-state index in [2.05, 4.69) is 15.6 Å². The lowest BCUT2D eigenvalue weighted by Gasteiger charge is -2.38. The highest BCUT2D eigenvalue weighted by Crippen LogP contribution is 2.37. The average molecular weight is 577 g/mol. The van der Waals surface area contributed by atoms with Crippen LogP contribution in [-0.2, 0) is 22.7 Å². The van der Waals surface area contributed by atoms with Crippen LogP contribution in [0, 0.1) is 0 Å². The molecule has 0 saturated carbocycles. The number of methoxy groups -OCH3 is 1. The molecule has 33 heavy (non-hydrogen) atoms. The van der Waals surface area contributed by atoms with E-state index in [9.17, 15) is 13.2 Å². The van der Waals surface area contributed by atoms with E-state index in [0.717, 1.165) is 18.2 Å². The van der Waals surface area contributed by atoms with Crippen LogP contribution < -0.4 is 15.4 Å². The summed E-state index contributed by atoms with van der Waals surface area (Å²) in [5, 5.41) is 6.61. The van der Waals surface area contributed by atoms with Gasteiger partial charge in [0.25, 0.3) is 0 Å². The van der Waals surface area contributed by atoms with Crippen molar-refractivity contribution in [3.8, 4) is 5.75 Å². The molecule has 0 unspecified atom stereocenters. The highest BCUT2D eigenvalue weighted by atomic mass is 127. The maximum Gasteiger partial charge on any atom is 0.416 e. The van der Waals surface area contributed by atoms with Gasteiger partial charge in [-0.1, -0.05) is 30.3 Å². The number of nitrogens with one attached hydrogen (secondary N) is 2. The summed E-state index contributed by atoms with van der Waals surface area (Å²) in [4.78, 5) is 4.28. The summed E-state index contributed by atoms with van der Waals surface area (Å²) in [6.07, 6.45) is -2.28. The van der Waals surface area contributed by atoms with Gasteiger partial charge in [0.15, 0.2) is 5.96 Å². The van der Waals surface area contributed by atoms with E-state index >= 15 is 0 Å². The van der Waals surface area contributed by atoms with Crippen molar-refractivity contribution in [1.82, 2.24) is 10.6 Å². The molecule has 182 valence electrons. The molecule has 1 aliphatic rings. The van der Waals surface area contributed by atoms with Crippen molar-refractivity contribution in [2.24, 2.45) is 4.99 Å². The van der Waals surface area contributed by atoms with E-state index in [1.807, 2.05) is 24.3 Å². The zero-order valence-corrected chi connectivity index (χ0v) is 21.2. The first-order valence-corrected chi connectivity index (χ1v) is 10.7. The van der Waals surface area contributed by atoms with Gasteiger partial charge in [0.1, 0.15) is 5.75 Å². The zero-order valence-electron chi connectivity index (χ0n) is 18.9. The Bertz CT molecular complexity index is 899. The number of ether oxygens (including phenoxy) is 2. The van der Waals surface area contributed by atoms with Gasteiger partial charge in [0, 0.05) is 38.8 Å². The predicted molar refractivity (Wildman–Crippen MR) is 135 cm³/mol. The number of hydrogen-bond donors (Lipinski definition) is 2. The zero-order chi connectivity index (χ0) is 23.0. The topological polar surface area (TPSA) is 54.9 Å². The smallest absolute Gasteiger partial charge is 0.416 e. The van der Waals surface area contributed by atoms with Gasteiger partial charge in [-0.05, 0) is 48.6 Å². The number of halogens is 4. The minimum absolute atomic E-state index is 0. The lowest BCUT2D eigenvalue weighted by molar-refractivity contribution is -0.137. The third-order valence-corrected chi connectivity index (χ3v) is 5.94. The van der Waals surface area contributed by atoms with Gasteiger partial charge in [-0.15, -0.1) is 24.0 Å². The van der Waals surface area contributed by atoms with Crippen LogP contribution in [0.5, 0.6) is 5.75 Å². The second kappa shape index (κ2) is 12.5. The molecule has 0 radical (unpaired) electrons. The molecular weight excluding hydrogens is 546 g/mol. The van der Waals surface area contributed by atoms with Crippen LogP contribution in [0.2, 0.25) is 0 Å². The summed E-state index contributed by atoms with van der Waals surface area (Å²) in [5.41, 5.74) is 0.769. The first-order valence-electron chi connectivity index (χ1n) is 10.7. The van der Waals surface area contributed by atoms with Crippen molar-refractivity contribution in [2.75, 3.05) is 40.5 Å². The third kappa shape index (κ3) is 7.49. The lowest BCUT2D eigenvalue weighted by atomic mass is 9.73. The quantitative estimate of drug-likeness (QED) is 0.283. The Kier molecular flexibility index (Phi) is 10.3. The number of alkyl halides is 3. The maximum atomic E-state index is 13.3. The Labute approximate surface area is 210 Å². The van der Waals surface area contributed by atoms with Gasteiger partial charge >= 0.3 is 6.18 Å². The Morgan fingerprint density at radius 3 is 2.39 bits per heavy atom. The van der Waals surface area contributed by atoms with E-state index in [4.69, 9.17) is 9.47 Å². The molecule has 5 nitrogen and oxygen atoms in total. The standard InChI is InChI=1S/C24H30F3N3O2.HI/c1-28-22(29-13-10-18-6-8-21(31-2)9-7-18)30-17-23(11-14-32-15-12-23)19-4-3-5-20(16-19)24(25,26)27;/h3-9,16H,10-15,17H2,1-2H3,(H2,28,29,30);1H. The summed E-state index contributed by atoms with van der Waals surface area (Å²) in [6.45, 7) is 2.18. The van der Waals surface area contributed by atoms with Crippen molar-refractivity contribution in [1.29, 1.82) is 0 Å². The molecule has 3 rings (SSSR count). The lowest BCUT2D eigenvalue weighted by Crippen LogP contribution is -2.48. The molecule has 2 aromatic rings. The summed E-state index contributed by atoms with van der Waals surface area (Å²) in [6, 6.07) is 13.5. The molecule has 0 amide bonds. The largest absolute Gasteiger partial charge is 0.497 e. The van der Waals surface area contributed by atoms with E-state index in [1.54, 1.807) is 20.2 Å². The first kappa shape index (κ1) is 27.2. The highest BCUT2D eigenvalue weighted by molar-refractivity contribution is 14.0. The van der Waals surface area contributed by atoms with Crippen LogP contribution in [0.4, 0.5) is 13.2 Å². The minimum Gasteiger partial charge on any atom is -0.497 e. The molecular formula is C24H31F3IN3O2. The molecule has 0 aliphatic carbocycles. The molecule has 1 saturated heterocycles. The maximum absolute atomic E-state index is 13.3. The van der Waals surface area contributed by atoms with Gasteiger partial charge in [-0.2, -0.15) is 13.2 Å². The van der Waals surface area contributed by atoms with Crippen molar-refractivity contribution in [2.45, 2.75) is 30.9 Å². The number of benzene rings is 2. The molecule has 2 aromatic carbocycles. The molecule has 2 N–H and O–H groups in total. The number of guanidine groups is 1. The van der Waals surface area contributed by atoms with Crippen LogP contribution in [0.1, 0.15) is 29.5 Å². The molecule has 1 aliphatic heterocycles. The van der Waals surface area contributed by atoms with Gasteiger partial charge in [-0.3, -0.25) is 4.99 Å². The summed E-state index contributed by atoms with van der Waals surface area (Å²) < 4.78 is 50.5. The van der Waals surface area contributed by atoms with Crippen LogP contribution in [0.3, 0.4) is 0 Å². The van der Waals surface area contributed by atoms with Crippen molar-refractivity contribution in [3.05, 3.63) is 65.2 Å². The molecule has 1 heterocycles. The van der Waals surface area contributed by atoms with E-state index < -0.39 is 17.2 Å². The van der Waals surface area contributed by atoms with Crippen molar-refractivity contribution in [3.63, 3.8) is 0 Å². The molecule has 9 heteroatoms. The van der Waals surface area contributed by atoms with Crippen molar-refractivity contribution >= 4 is 29.9 Å². The summed E-state index contributed by atoms with van der Waals surface area (Å²) in [7, 11) is 3.32. The van der Waals surface area contributed by atoms with Gasteiger partial charge in [0.2, 0.25) is 0 Å². The molecule has 1 fully saturated rings. The predicted octanol–water partition coefficient (Wildman–Crippen LogP) is 4.79. The van der Waals surface area contributed by atoms with E-state index in [1.165, 1.54) is 17.7 Å². The van der Waals surface area contributed by atoms with Crippen LogP contribution >= 0.6 is 24.0 Å². The molecule has 0 atom stereocenters. The van der Waals surface area contributed by atoms with Crippen LogP contribution in [0.25, 0.3) is 0 Å².